The highest BCUT2D eigenvalue weighted by molar-refractivity contribution is 5.79. The molecule has 2 aromatic carbocycles. The van der Waals surface area contributed by atoms with Gasteiger partial charge >= 0.3 is 0 Å². The van der Waals surface area contributed by atoms with Gasteiger partial charge in [-0.2, -0.15) is 4.98 Å². The molecule has 2 heterocycles. The third-order valence-electron chi connectivity index (χ3n) is 4.00. The molecular weight excluding hydrogens is 346 g/mol. The van der Waals surface area contributed by atoms with E-state index in [1.54, 1.807) is 24.4 Å². The zero-order valence-electron chi connectivity index (χ0n) is 14.3. The Morgan fingerprint density at radius 1 is 1.04 bits per heavy atom. The summed E-state index contributed by atoms with van der Waals surface area (Å²) >= 11 is 0. The van der Waals surface area contributed by atoms with E-state index in [-0.39, 0.29) is 5.69 Å². The quantitative estimate of drug-likeness (QED) is 0.411. The van der Waals surface area contributed by atoms with E-state index < -0.39 is 4.92 Å². The van der Waals surface area contributed by atoms with Crippen molar-refractivity contribution in [3.05, 3.63) is 70.9 Å². The number of nitro groups is 1. The molecule has 0 saturated heterocycles. The summed E-state index contributed by atoms with van der Waals surface area (Å²) in [6.07, 6.45) is 1.59. The van der Waals surface area contributed by atoms with Crippen LogP contribution in [0, 0.1) is 10.1 Å². The van der Waals surface area contributed by atoms with Gasteiger partial charge < -0.3 is 9.88 Å². The molecule has 0 radical (unpaired) electrons. The summed E-state index contributed by atoms with van der Waals surface area (Å²) in [5.41, 5.74) is 2.43. The highest BCUT2D eigenvalue weighted by atomic mass is 16.6. The fourth-order valence-electron chi connectivity index (χ4n) is 2.69. The molecule has 2 aromatic heterocycles. The van der Waals surface area contributed by atoms with Crippen LogP contribution in [0.2, 0.25) is 0 Å². The van der Waals surface area contributed by atoms with Crippen LogP contribution in [-0.2, 0) is 7.05 Å². The van der Waals surface area contributed by atoms with Crippen molar-refractivity contribution in [2.45, 2.75) is 0 Å². The average Bonchev–Trinajstić information content (AvgIpc) is 2.98. The molecule has 0 aliphatic carbocycles. The minimum Gasteiger partial charge on any atom is -0.340 e. The lowest BCUT2D eigenvalue weighted by molar-refractivity contribution is -0.384. The van der Waals surface area contributed by atoms with Crippen molar-refractivity contribution in [2.24, 2.45) is 7.05 Å². The first-order valence-corrected chi connectivity index (χ1v) is 8.13. The van der Waals surface area contributed by atoms with Crippen LogP contribution in [0.3, 0.4) is 0 Å². The van der Waals surface area contributed by atoms with E-state index in [4.69, 9.17) is 0 Å². The number of anilines is 4. The molecule has 0 aliphatic heterocycles. The number of para-hydroxylation sites is 2. The van der Waals surface area contributed by atoms with Crippen LogP contribution in [0.25, 0.3) is 11.0 Å². The Hall–Kier alpha value is -4.01. The summed E-state index contributed by atoms with van der Waals surface area (Å²) in [6.45, 7) is 0. The maximum atomic E-state index is 10.9. The van der Waals surface area contributed by atoms with E-state index in [1.165, 1.54) is 12.1 Å². The van der Waals surface area contributed by atoms with Crippen molar-refractivity contribution in [3.8, 4) is 0 Å². The van der Waals surface area contributed by atoms with Crippen LogP contribution in [-0.4, -0.2) is 24.4 Å². The Morgan fingerprint density at radius 2 is 1.89 bits per heavy atom. The molecule has 9 nitrogen and oxygen atoms in total. The van der Waals surface area contributed by atoms with Gasteiger partial charge in [0.05, 0.1) is 16.0 Å². The van der Waals surface area contributed by atoms with Crippen molar-refractivity contribution in [2.75, 3.05) is 10.6 Å². The zero-order valence-corrected chi connectivity index (χ0v) is 14.3. The van der Waals surface area contributed by atoms with Gasteiger partial charge in [0.15, 0.2) is 0 Å². The fraction of sp³-hybridized carbons (Fsp3) is 0.0556. The maximum absolute atomic E-state index is 10.9. The van der Waals surface area contributed by atoms with E-state index >= 15 is 0 Å². The molecule has 0 amide bonds. The molecule has 0 fully saturated rings. The molecule has 134 valence electrons. The first-order chi connectivity index (χ1) is 13.1. The Morgan fingerprint density at radius 3 is 2.70 bits per heavy atom. The standard InChI is InChI=1S/C18H15N7O2/c1-24-15-8-3-2-7-14(15)21-18(24)23-17-19-10-9-16(22-17)20-12-5-4-6-13(11-12)25(26)27/h2-11H,1H3,(H2,19,20,21,22,23). The highest BCUT2D eigenvalue weighted by Crippen LogP contribution is 2.22. The van der Waals surface area contributed by atoms with E-state index in [0.717, 1.165) is 11.0 Å². The monoisotopic (exact) mass is 361 g/mol. The second-order valence-electron chi connectivity index (χ2n) is 5.81. The van der Waals surface area contributed by atoms with Crippen LogP contribution >= 0.6 is 0 Å². The van der Waals surface area contributed by atoms with E-state index in [0.29, 0.717) is 23.4 Å². The van der Waals surface area contributed by atoms with E-state index in [2.05, 4.69) is 25.6 Å². The van der Waals surface area contributed by atoms with Gasteiger partial charge in [-0.05, 0) is 24.3 Å². The number of rotatable bonds is 5. The first-order valence-electron chi connectivity index (χ1n) is 8.13. The number of imidazole rings is 1. The predicted octanol–water partition coefficient (Wildman–Crippen LogP) is 3.76. The second kappa shape index (κ2) is 6.71. The maximum Gasteiger partial charge on any atom is 0.271 e. The number of aryl methyl sites for hydroxylation is 1. The molecule has 0 bridgehead atoms. The summed E-state index contributed by atoms with van der Waals surface area (Å²) < 4.78 is 1.92. The van der Waals surface area contributed by atoms with Gasteiger partial charge in [0.1, 0.15) is 5.82 Å². The number of fused-ring (bicyclic) bond motifs is 1. The number of nitrogens with zero attached hydrogens (tertiary/aromatic N) is 5. The van der Waals surface area contributed by atoms with Crippen LogP contribution in [0.1, 0.15) is 0 Å². The molecule has 2 N–H and O–H groups in total. The summed E-state index contributed by atoms with van der Waals surface area (Å²) in [4.78, 5) is 23.6. The summed E-state index contributed by atoms with van der Waals surface area (Å²) in [5, 5.41) is 17.0. The number of nitro benzene ring substituents is 1. The lowest BCUT2D eigenvalue weighted by Crippen LogP contribution is -2.04. The van der Waals surface area contributed by atoms with Gasteiger partial charge in [-0.25, -0.2) is 9.97 Å². The molecule has 0 aliphatic rings. The normalized spacial score (nSPS) is 10.7. The van der Waals surface area contributed by atoms with E-state index in [9.17, 15) is 10.1 Å². The van der Waals surface area contributed by atoms with Crippen molar-refractivity contribution >= 4 is 40.1 Å². The van der Waals surface area contributed by atoms with Crippen molar-refractivity contribution in [1.82, 2.24) is 19.5 Å². The Bertz CT molecular complexity index is 1140. The largest absolute Gasteiger partial charge is 0.340 e. The molecule has 0 atom stereocenters. The number of non-ortho nitro benzene ring substituents is 1. The molecule has 0 unspecified atom stereocenters. The minimum absolute atomic E-state index is 0.00658. The van der Waals surface area contributed by atoms with Gasteiger partial charge in [0, 0.05) is 31.1 Å². The summed E-state index contributed by atoms with van der Waals surface area (Å²) in [6, 6.07) is 15.7. The minimum atomic E-state index is -0.441. The van der Waals surface area contributed by atoms with E-state index in [1.807, 2.05) is 35.9 Å². The third kappa shape index (κ3) is 3.38. The highest BCUT2D eigenvalue weighted by Gasteiger charge is 2.10. The van der Waals surface area contributed by atoms with Crippen LogP contribution < -0.4 is 10.6 Å². The van der Waals surface area contributed by atoms with Crippen LogP contribution in [0.5, 0.6) is 0 Å². The van der Waals surface area contributed by atoms with Gasteiger partial charge in [-0.15, -0.1) is 0 Å². The number of benzene rings is 2. The van der Waals surface area contributed by atoms with Crippen molar-refractivity contribution < 1.29 is 4.92 Å². The molecule has 0 saturated carbocycles. The van der Waals surface area contributed by atoms with Gasteiger partial charge in [0.2, 0.25) is 11.9 Å². The van der Waals surface area contributed by atoms with Crippen molar-refractivity contribution in [1.29, 1.82) is 0 Å². The molecular formula is C18H15N7O2. The number of hydrogen-bond acceptors (Lipinski definition) is 7. The smallest absolute Gasteiger partial charge is 0.271 e. The molecule has 4 aromatic rings. The SMILES string of the molecule is Cn1c(Nc2nccc(Nc3cccc([N+](=O)[O-])c3)n2)nc2ccccc21. The Kier molecular flexibility index (Phi) is 4.09. The lowest BCUT2D eigenvalue weighted by atomic mass is 10.3. The first kappa shape index (κ1) is 16.5. The molecule has 27 heavy (non-hydrogen) atoms. The van der Waals surface area contributed by atoms with Crippen LogP contribution in [0.15, 0.2) is 60.8 Å². The van der Waals surface area contributed by atoms with Crippen molar-refractivity contribution in [3.63, 3.8) is 0 Å². The number of aromatic nitrogens is 4. The third-order valence-corrected chi connectivity index (χ3v) is 4.00. The number of hydrogen-bond donors (Lipinski definition) is 2. The Labute approximate surface area is 153 Å². The van der Waals surface area contributed by atoms with Gasteiger partial charge in [-0.3, -0.25) is 15.4 Å². The Balaban J connectivity index is 1.58. The summed E-state index contributed by atoms with van der Waals surface area (Å²) in [5.74, 6) is 1.49. The van der Waals surface area contributed by atoms with Gasteiger partial charge in [0.25, 0.3) is 5.69 Å². The molecule has 9 heteroatoms. The van der Waals surface area contributed by atoms with Gasteiger partial charge in [-0.1, -0.05) is 18.2 Å². The fourth-order valence-corrected chi connectivity index (χ4v) is 2.69. The predicted molar refractivity (Wildman–Crippen MR) is 102 cm³/mol. The zero-order chi connectivity index (χ0) is 18.8. The molecule has 4 rings (SSSR count). The van der Waals surface area contributed by atoms with Crippen LogP contribution in [0.4, 0.5) is 29.1 Å². The molecule has 0 spiro atoms. The number of nitrogens with one attached hydrogen (secondary N) is 2. The topological polar surface area (TPSA) is 111 Å². The lowest BCUT2D eigenvalue weighted by Gasteiger charge is -2.08. The average molecular weight is 361 g/mol. The summed E-state index contributed by atoms with van der Waals surface area (Å²) in [7, 11) is 1.91. The second-order valence-corrected chi connectivity index (χ2v) is 5.81.